The number of anilines is 1. The summed E-state index contributed by atoms with van der Waals surface area (Å²) in [6.07, 6.45) is 4.13. The molecule has 0 aliphatic carbocycles. The number of halogens is 1. The van der Waals surface area contributed by atoms with Gasteiger partial charge in [0.2, 0.25) is 5.88 Å². The van der Waals surface area contributed by atoms with Crippen LogP contribution in [-0.4, -0.2) is 24.2 Å². The van der Waals surface area contributed by atoms with Crippen LogP contribution in [-0.2, 0) is 0 Å². The fourth-order valence-corrected chi connectivity index (χ4v) is 1.55. The second-order valence-electron chi connectivity index (χ2n) is 3.52. The molecule has 1 aromatic heterocycles. The van der Waals surface area contributed by atoms with Gasteiger partial charge in [0.1, 0.15) is 6.10 Å². The first kappa shape index (κ1) is 12.1. The molecule has 1 fully saturated rings. The van der Waals surface area contributed by atoms with Gasteiger partial charge < -0.3 is 15.8 Å². The Kier molecular flexibility index (Phi) is 4.65. The summed E-state index contributed by atoms with van der Waals surface area (Å²) in [7, 11) is 0. The first-order valence-corrected chi connectivity index (χ1v) is 4.93. The van der Waals surface area contributed by atoms with Gasteiger partial charge in [-0.3, -0.25) is 0 Å². The summed E-state index contributed by atoms with van der Waals surface area (Å²) in [4.78, 5) is 4.10. The van der Waals surface area contributed by atoms with Gasteiger partial charge in [-0.2, -0.15) is 0 Å². The molecule has 2 heterocycles. The van der Waals surface area contributed by atoms with Gasteiger partial charge in [0.05, 0.1) is 11.9 Å². The predicted molar refractivity (Wildman–Crippen MR) is 62.4 cm³/mol. The molecule has 15 heavy (non-hydrogen) atoms. The van der Waals surface area contributed by atoms with Crippen LogP contribution in [0.3, 0.4) is 0 Å². The quantitative estimate of drug-likeness (QED) is 0.801. The topological polar surface area (TPSA) is 60.2 Å². The van der Waals surface area contributed by atoms with E-state index in [2.05, 4.69) is 10.3 Å². The van der Waals surface area contributed by atoms with E-state index in [-0.39, 0.29) is 18.5 Å². The molecule has 0 bridgehead atoms. The van der Waals surface area contributed by atoms with Gasteiger partial charge in [-0.05, 0) is 25.5 Å². The second-order valence-corrected chi connectivity index (χ2v) is 3.52. The lowest BCUT2D eigenvalue weighted by molar-refractivity contribution is 0.160. The first-order chi connectivity index (χ1) is 6.84. The summed E-state index contributed by atoms with van der Waals surface area (Å²) in [5.41, 5.74) is 6.20. The minimum Gasteiger partial charge on any atom is -0.473 e. The minimum atomic E-state index is 0. The Bertz CT molecular complexity index is 285. The Balaban J connectivity index is 0.00000112. The van der Waals surface area contributed by atoms with Gasteiger partial charge in [0.25, 0.3) is 0 Å². The largest absolute Gasteiger partial charge is 0.473 e. The molecule has 0 saturated carbocycles. The second kappa shape index (κ2) is 5.78. The normalized spacial score (nSPS) is 20.4. The van der Waals surface area contributed by atoms with Crippen molar-refractivity contribution in [1.29, 1.82) is 0 Å². The van der Waals surface area contributed by atoms with Crippen LogP contribution in [0.4, 0.5) is 5.69 Å². The molecule has 4 nitrogen and oxygen atoms in total. The Labute approximate surface area is 95.6 Å². The van der Waals surface area contributed by atoms with Crippen molar-refractivity contribution in [2.75, 3.05) is 18.8 Å². The van der Waals surface area contributed by atoms with E-state index in [1.165, 1.54) is 6.42 Å². The molecule has 0 aromatic carbocycles. The molecule has 2 rings (SSSR count). The van der Waals surface area contributed by atoms with Crippen LogP contribution in [0.2, 0.25) is 0 Å². The van der Waals surface area contributed by atoms with Gasteiger partial charge in [-0.25, -0.2) is 4.98 Å². The summed E-state index contributed by atoms with van der Waals surface area (Å²) in [6.45, 7) is 2.00. The maximum atomic E-state index is 5.68. The van der Waals surface area contributed by atoms with E-state index in [1.807, 2.05) is 6.07 Å². The van der Waals surface area contributed by atoms with Gasteiger partial charge in [-0.15, -0.1) is 12.4 Å². The van der Waals surface area contributed by atoms with Crippen molar-refractivity contribution in [3.63, 3.8) is 0 Å². The highest BCUT2D eigenvalue weighted by Crippen LogP contribution is 2.13. The van der Waals surface area contributed by atoms with Crippen LogP contribution in [0.5, 0.6) is 5.88 Å². The number of nitrogen functional groups attached to an aromatic ring is 1. The van der Waals surface area contributed by atoms with E-state index in [1.54, 1.807) is 12.3 Å². The van der Waals surface area contributed by atoms with Crippen LogP contribution in [0, 0.1) is 0 Å². The van der Waals surface area contributed by atoms with Crippen molar-refractivity contribution in [2.45, 2.75) is 18.9 Å². The Hall–Kier alpha value is -1.00. The standard InChI is InChI=1S/C10H15N3O.ClH/c11-8-3-4-10(13-6-8)14-9-2-1-5-12-7-9;/h3-4,6,9,12H,1-2,5,7,11H2;1H/t9-;/m0./s1. The van der Waals surface area contributed by atoms with Crippen molar-refractivity contribution < 1.29 is 4.74 Å². The van der Waals surface area contributed by atoms with Crippen molar-refractivity contribution in [3.8, 4) is 5.88 Å². The van der Waals surface area contributed by atoms with Crippen LogP contribution in [0.15, 0.2) is 18.3 Å². The number of pyridine rings is 1. The molecular weight excluding hydrogens is 214 g/mol. The first-order valence-electron chi connectivity index (χ1n) is 4.93. The molecule has 0 spiro atoms. The van der Waals surface area contributed by atoms with Gasteiger partial charge >= 0.3 is 0 Å². The van der Waals surface area contributed by atoms with Gasteiger partial charge in [0.15, 0.2) is 0 Å². The zero-order valence-electron chi connectivity index (χ0n) is 8.48. The molecule has 3 N–H and O–H groups in total. The van der Waals surface area contributed by atoms with Crippen molar-refractivity contribution >= 4 is 18.1 Å². The monoisotopic (exact) mass is 229 g/mol. The van der Waals surface area contributed by atoms with E-state index in [0.29, 0.717) is 11.6 Å². The average molecular weight is 230 g/mol. The number of hydrogen-bond acceptors (Lipinski definition) is 4. The fraction of sp³-hybridized carbons (Fsp3) is 0.500. The van der Waals surface area contributed by atoms with E-state index < -0.39 is 0 Å². The summed E-state index contributed by atoms with van der Waals surface area (Å²) < 4.78 is 5.68. The van der Waals surface area contributed by atoms with Gasteiger partial charge in [-0.1, -0.05) is 0 Å². The third-order valence-corrected chi connectivity index (χ3v) is 2.30. The molecule has 1 aliphatic rings. The molecule has 1 aromatic rings. The van der Waals surface area contributed by atoms with Gasteiger partial charge in [0, 0.05) is 12.6 Å². The van der Waals surface area contributed by atoms with E-state index in [4.69, 9.17) is 10.5 Å². The Morgan fingerprint density at radius 3 is 2.93 bits per heavy atom. The van der Waals surface area contributed by atoms with Crippen molar-refractivity contribution in [1.82, 2.24) is 10.3 Å². The van der Waals surface area contributed by atoms with Crippen molar-refractivity contribution in [3.05, 3.63) is 18.3 Å². The highest BCUT2D eigenvalue weighted by atomic mass is 35.5. The number of aromatic nitrogens is 1. The highest BCUT2D eigenvalue weighted by Gasteiger charge is 2.14. The van der Waals surface area contributed by atoms with Crippen LogP contribution < -0.4 is 15.8 Å². The third-order valence-electron chi connectivity index (χ3n) is 2.30. The summed E-state index contributed by atoms with van der Waals surface area (Å²) in [5, 5.41) is 3.29. The van der Waals surface area contributed by atoms with E-state index >= 15 is 0 Å². The average Bonchev–Trinajstić information content (AvgIpc) is 2.23. The summed E-state index contributed by atoms with van der Waals surface area (Å²) in [6, 6.07) is 3.61. The number of nitrogens with one attached hydrogen (secondary N) is 1. The lowest BCUT2D eigenvalue weighted by Gasteiger charge is -2.23. The molecule has 0 radical (unpaired) electrons. The third kappa shape index (κ3) is 3.57. The number of hydrogen-bond donors (Lipinski definition) is 2. The molecular formula is C10H16ClN3O. The van der Waals surface area contributed by atoms with Crippen LogP contribution in [0.25, 0.3) is 0 Å². The predicted octanol–water partition coefficient (Wildman–Crippen LogP) is 1.22. The van der Waals surface area contributed by atoms with E-state index in [0.717, 1.165) is 19.5 Å². The lowest BCUT2D eigenvalue weighted by atomic mass is 10.1. The maximum absolute atomic E-state index is 5.68. The molecule has 84 valence electrons. The number of piperidine rings is 1. The lowest BCUT2D eigenvalue weighted by Crippen LogP contribution is -2.37. The maximum Gasteiger partial charge on any atom is 0.213 e. The molecule has 1 atom stereocenters. The number of nitrogens with two attached hydrogens (primary N) is 1. The Morgan fingerprint density at radius 1 is 1.47 bits per heavy atom. The smallest absolute Gasteiger partial charge is 0.213 e. The Morgan fingerprint density at radius 2 is 2.33 bits per heavy atom. The van der Waals surface area contributed by atoms with Crippen molar-refractivity contribution in [2.24, 2.45) is 0 Å². The molecule has 1 aliphatic heterocycles. The molecule has 0 amide bonds. The number of rotatable bonds is 2. The molecule has 1 saturated heterocycles. The molecule has 0 unspecified atom stereocenters. The zero-order chi connectivity index (χ0) is 9.80. The van der Waals surface area contributed by atoms with Crippen LogP contribution in [0.1, 0.15) is 12.8 Å². The highest BCUT2D eigenvalue weighted by molar-refractivity contribution is 5.85. The fourth-order valence-electron chi connectivity index (χ4n) is 1.55. The SMILES string of the molecule is Cl.Nc1ccc(O[C@H]2CCCNC2)nc1. The molecule has 5 heteroatoms. The number of nitrogens with zero attached hydrogens (tertiary/aromatic N) is 1. The zero-order valence-corrected chi connectivity index (χ0v) is 9.30. The number of ether oxygens (including phenoxy) is 1. The van der Waals surface area contributed by atoms with Crippen LogP contribution >= 0.6 is 12.4 Å². The summed E-state index contributed by atoms with van der Waals surface area (Å²) in [5.74, 6) is 0.660. The summed E-state index contributed by atoms with van der Waals surface area (Å²) >= 11 is 0. The van der Waals surface area contributed by atoms with E-state index in [9.17, 15) is 0 Å². The minimum absolute atomic E-state index is 0.